The number of hydrogen-bond acceptors (Lipinski definition) is 2. The molecule has 29 heavy (non-hydrogen) atoms. The van der Waals surface area contributed by atoms with Gasteiger partial charge in [-0.25, -0.2) is 4.39 Å². The number of alkyl halides is 1. The van der Waals surface area contributed by atoms with Crippen molar-refractivity contribution in [2.45, 2.75) is 83.3 Å². The summed E-state index contributed by atoms with van der Waals surface area (Å²) in [6.07, 6.45) is 6.15. The second-order valence-corrected chi connectivity index (χ2v) is 10.8. The van der Waals surface area contributed by atoms with Gasteiger partial charge in [-0.3, -0.25) is 4.79 Å². The first-order chi connectivity index (χ1) is 13.8. The number of nitrogens with one attached hydrogen (secondary N) is 2. The summed E-state index contributed by atoms with van der Waals surface area (Å²) in [7, 11) is 0. The van der Waals surface area contributed by atoms with E-state index in [0.717, 1.165) is 25.8 Å². The fourth-order valence-corrected chi connectivity index (χ4v) is 6.90. The molecule has 2 N–H and O–H groups in total. The van der Waals surface area contributed by atoms with Crippen LogP contribution in [0.25, 0.3) is 0 Å². The molecule has 3 fully saturated rings. The largest absolute Gasteiger partial charge is 0.350 e. The molecule has 1 saturated heterocycles. The lowest BCUT2D eigenvalue weighted by Crippen LogP contribution is -2.58. The van der Waals surface area contributed by atoms with Crippen LogP contribution in [-0.2, 0) is 10.2 Å². The van der Waals surface area contributed by atoms with Gasteiger partial charge in [-0.05, 0) is 67.4 Å². The van der Waals surface area contributed by atoms with E-state index in [1.54, 1.807) is 0 Å². The lowest BCUT2D eigenvalue weighted by molar-refractivity contribution is -0.139. The SMILES string of the molecule is CCC1(C)CC2CC(C)(C(=O)NC3CCNCC3F)CC(c3ccccc3)(C2)C1. The molecule has 6 atom stereocenters. The highest BCUT2D eigenvalue weighted by Crippen LogP contribution is 2.61. The van der Waals surface area contributed by atoms with Crippen molar-refractivity contribution in [3.63, 3.8) is 0 Å². The minimum Gasteiger partial charge on any atom is -0.350 e. The quantitative estimate of drug-likeness (QED) is 0.765. The Kier molecular flexibility index (Phi) is 5.52. The summed E-state index contributed by atoms with van der Waals surface area (Å²) in [6, 6.07) is 10.5. The molecule has 160 valence electrons. The van der Waals surface area contributed by atoms with Crippen LogP contribution in [-0.4, -0.2) is 31.2 Å². The van der Waals surface area contributed by atoms with Gasteiger partial charge in [0.05, 0.1) is 6.04 Å². The van der Waals surface area contributed by atoms with Crippen molar-refractivity contribution in [1.29, 1.82) is 0 Å². The standard InChI is InChI=1S/C25H37FN2O/c1-4-23(2)12-18-13-24(3,22(29)28-21-10-11-27-15-20(21)26)17-25(14-18,16-23)19-8-6-5-7-9-19/h5-9,18,20-21,27H,4,10-17H2,1-3H3,(H,28,29). The van der Waals surface area contributed by atoms with Gasteiger partial charge in [0.25, 0.3) is 0 Å². The molecular formula is C25H37FN2O. The van der Waals surface area contributed by atoms with Crippen LogP contribution in [0.1, 0.15) is 71.3 Å². The summed E-state index contributed by atoms with van der Waals surface area (Å²) in [5.74, 6) is 0.616. The third kappa shape index (κ3) is 3.97. The van der Waals surface area contributed by atoms with E-state index in [0.29, 0.717) is 24.3 Å². The van der Waals surface area contributed by atoms with Crippen molar-refractivity contribution >= 4 is 5.91 Å². The Hall–Kier alpha value is -1.42. The van der Waals surface area contributed by atoms with Crippen molar-refractivity contribution in [3.8, 4) is 0 Å². The molecule has 3 nitrogen and oxygen atoms in total. The maximum atomic E-state index is 14.3. The smallest absolute Gasteiger partial charge is 0.226 e. The maximum Gasteiger partial charge on any atom is 0.226 e. The Morgan fingerprint density at radius 2 is 1.93 bits per heavy atom. The van der Waals surface area contributed by atoms with Gasteiger partial charge in [-0.15, -0.1) is 0 Å². The number of carbonyl (C=O) groups is 1. The van der Waals surface area contributed by atoms with Crippen LogP contribution in [0.4, 0.5) is 4.39 Å². The Bertz CT molecular complexity index is 740. The highest BCUT2D eigenvalue weighted by Gasteiger charge is 2.56. The molecule has 0 spiro atoms. The van der Waals surface area contributed by atoms with Gasteiger partial charge in [-0.1, -0.05) is 57.5 Å². The molecule has 2 bridgehead atoms. The fourth-order valence-electron chi connectivity index (χ4n) is 6.90. The van der Waals surface area contributed by atoms with Gasteiger partial charge in [0.1, 0.15) is 6.17 Å². The van der Waals surface area contributed by atoms with E-state index in [2.05, 4.69) is 61.7 Å². The number of halogens is 1. The summed E-state index contributed by atoms with van der Waals surface area (Å²) in [4.78, 5) is 13.5. The van der Waals surface area contributed by atoms with Crippen LogP contribution < -0.4 is 10.6 Å². The van der Waals surface area contributed by atoms with Crippen LogP contribution in [0.2, 0.25) is 0 Å². The summed E-state index contributed by atoms with van der Waals surface area (Å²) < 4.78 is 14.3. The number of fused-ring (bicyclic) bond motifs is 2. The van der Waals surface area contributed by atoms with Crippen LogP contribution in [0.3, 0.4) is 0 Å². The molecule has 1 heterocycles. The molecule has 3 aliphatic rings. The van der Waals surface area contributed by atoms with E-state index in [1.165, 1.54) is 24.8 Å². The van der Waals surface area contributed by atoms with Gasteiger partial charge in [0, 0.05) is 12.0 Å². The Labute approximate surface area is 175 Å². The van der Waals surface area contributed by atoms with Crippen molar-refractivity contribution in [1.82, 2.24) is 10.6 Å². The molecule has 0 radical (unpaired) electrons. The van der Waals surface area contributed by atoms with E-state index in [4.69, 9.17) is 0 Å². The molecule has 4 heteroatoms. The first-order valence-electron chi connectivity index (χ1n) is 11.5. The second kappa shape index (κ2) is 7.68. The van der Waals surface area contributed by atoms with E-state index in [-0.39, 0.29) is 17.4 Å². The zero-order valence-electron chi connectivity index (χ0n) is 18.3. The van der Waals surface area contributed by atoms with Gasteiger partial charge < -0.3 is 10.6 Å². The first kappa shape index (κ1) is 20.8. The van der Waals surface area contributed by atoms with E-state index >= 15 is 0 Å². The zero-order valence-corrected chi connectivity index (χ0v) is 18.3. The minimum absolute atomic E-state index is 0.0442. The number of carbonyl (C=O) groups excluding carboxylic acids is 1. The van der Waals surface area contributed by atoms with E-state index < -0.39 is 11.6 Å². The van der Waals surface area contributed by atoms with Gasteiger partial charge in [-0.2, -0.15) is 0 Å². The van der Waals surface area contributed by atoms with Crippen LogP contribution in [0.5, 0.6) is 0 Å². The Morgan fingerprint density at radius 3 is 2.62 bits per heavy atom. The molecule has 6 unspecified atom stereocenters. The minimum atomic E-state index is -0.995. The molecule has 4 rings (SSSR count). The molecule has 2 aliphatic carbocycles. The number of hydrogen-bond donors (Lipinski definition) is 2. The third-order valence-electron chi connectivity index (χ3n) is 8.21. The van der Waals surface area contributed by atoms with Gasteiger partial charge >= 0.3 is 0 Å². The summed E-state index contributed by atoms with van der Waals surface area (Å²) in [6.45, 7) is 7.99. The van der Waals surface area contributed by atoms with Crippen molar-refractivity contribution in [3.05, 3.63) is 35.9 Å². The van der Waals surface area contributed by atoms with Crippen LogP contribution >= 0.6 is 0 Å². The average Bonchev–Trinajstić information content (AvgIpc) is 2.69. The number of rotatable bonds is 4. The maximum absolute atomic E-state index is 14.3. The lowest BCUT2D eigenvalue weighted by atomic mass is 9.47. The van der Waals surface area contributed by atoms with Gasteiger partial charge in [0.15, 0.2) is 0 Å². The lowest BCUT2D eigenvalue weighted by Gasteiger charge is -2.58. The first-order valence-corrected chi connectivity index (χ1v) is 11.5. The van der Waals surface area contributed by atoms with E-state index in [1.807, 2.05) is 0 Å². The van der Waals surface area contributed by atoms with E-state index in [9.17, 15) is 9.18 Å². The number of amides is 1. The molecule has 2 saturated carbocycles. The number of benzene rings is 1. The molecule has 0 aromatic heterocycles. The zero-order chi connectivity index (χ0) is 20.7. The normalized spacial score (nSPS) is 42.3. The Balaban J connectivity index is 1.62. The molecule has 1 amide bonds. The Morgan fingerprint density at radius 1 is 1.17 bits per heavy atom. The summed E-state index contributed by atoms with van der Waals surface area (Å²) >= 11 is 0. The predicted molar refractivity (Wildman–Crippen MR) is 116 cm³/mol. The monoisotopic (exact) mass is 400 g/mol. The highest BCUT2D eigenvalue weighted by molar-refractivity contribution is 5.83. The summed E-state index contributed by atoms with van der Waals surface area (Å²) in [5.41, 5.74) is 1.32. The molecular weight excluding hydrogens is 363 g/mol. The fraction of sp³-hybridized carbons (Fsp3) is 0.720. The average molecular weight is 401 g/mol. The van der Waals surface area contributed by atoms with Crippen LogP contribution in [0.15, 0.2) is 30.3 Å². The second-order valence-electron chi connectivity index (χ2n) is 10.8. The third-order valence-corrected chi connectivity index (χ3v) is 8.21. The summed E-state index contributed by atoms with van der Waals surface area (Å²) in [5, 5.41) is 6.19. The number of piperidine rings is 1. The van der Waals surface area contributed by atoms with Crippen molar-refractivity contribution < 1.29 is 9.18 Å². The molecule has 1 aromatic carbocycles. The van der Waals surface area contributed by atoms with Crippen molar-refractivity contribution in [2.75, 3.05) is 13.1 Å². The highest BCUT2D eigenvalue weighted by atomic mass is 19.1. The van der Waals surface area contributed by atoms with Crippen molar-refractivity contribution in [2.24, 2.45) is 16.7 Å². The predicted octanol–water partition coefficient (Wildman–Crippen LogP) is 4.76. The molecule has 1 aliphatic heterocycles. The van der Waals surface area contributed by atoms with Crippen LogP contribution in [0, 0.1) is 16.7 Å². The molecule has 1 aromatic rings. The van der Waals surface area contributed by atoms with Gasteiger partial charge in [0.2, 0.25) is 5.91 Å². The topological polar surface area (TPSA) is 41.1 Å².